The van der Waals surface area contributed by atoms with Gasteiger partial charge in [0.2, 0.25) is 0 Å². The molecule has 178 valence electrons. The molecule has 0 aliphatic carbocycles. The number of hydrogen-bond acceptors (Lipinski definition) is 4. The van der Waals surface area contributed by atoms with Crippen molar-refractivity contribution in [3.05, 3.63) is 17.1 Å². The molecule has 30 heavy (non-hydrogen) atoms. The highest BCUT2D eigenvalue weighted by molar-refractivity contribution is 5.66. The molecule has 5 heteroatoms. The number of carbonyl (C=O) groups is 1. The quantitative estimate of drug-likeness (QED) is 0.110. The molecular weight excluding hydrogens is 376 g/mol. The Morgan fingerprint density at radius 2 is 1.17 bits per heavy atom. The van der Waals surface area contributed by atoms with E-state index in [0.717, 1.165) is 12.8 Å². The summed E-state index contributed by atoms with van der Waals surface area (Å²) in [5.74, 6) is -0.656. The maximum atomic E-state index is 10.4. The van der Waals surface area contributed by atoms with Crippen molar-refractivity contribution in [2.45, 2.75) is 142 Å². The number of allylic oxidation sites excluding steroid dienone is 2. The number of carboxylic acid groups (broad SMARTS) is 1. The largest absolute Gasteiger partial charge is 0.481 e. The van der Waals surface area contributed by atoms with Crippen LogP contribution in [0.15, 0.2) is 17.3 Å². The first-order valence-electron chi connectivity index (χ1n) is 12.5. The first kappa shape index (κ1) is 31.0. The Balaban J connectivity index is 0. The van der Waals surface area contributed by atoms with Crippen molar-refractivity contribution in [3.8, 4) is 0 Å². The van der Waals surface area contributed by atoms with Crippen LogP contribution in [-0.2, 0) is 4.79 Å². The molecule has 0 bridgehead atoms. The van der Waals surface area contributed by atoms with Crippen molar-refractivity contribution in [3.63, 3.8) is 0 Å². The van der Waals surface area contributed by atoms with Crippen LogP contribution in [0.3, 0.4) is 0 Å². The van der Waals surface area contributed by atoms with E-state index >= 15 is 0 Å². The Morgan fingerprint density at radius 3 is 1.50 bits per heavy atom. The normalized spacial score (nSPS) is 11.8. The minimum atomic E-state index is -0.656. The summed E-state index contributed by atoms with van der Waals surface area (Å²) in [6.45, 7) is 4.08. The van der Waals surface area contributed by atoms with Gasteiger partial charge in [-0.05, 0) is 38.5 Å². The number of nitrogens with two attached hydrogens (primary N) is 1. The predicted molar refractivity (Wildman–Crippen MR) is 130 cm³/mol. The Bertz CT molecular complexity index is 387. The standard InChI is InChI=1S/C22H42O2.C3H8N2O/c1-2-3-4-5-6-7-8-9-10-11-12-13-14-15-16-17-18-19-20-21-22(23)24;1-2-3(4)5-6/h9-10H,2-8,11-21H2,1H3,(H,23,24);3H,2,4H2,1H3/b10-9-;. The van der Waals surface area contributed by atoms with Crippen molar-refractivity contribution in [1.29, 1.82) is 0 Å². The predicted octanol–water partition coefficient (Wildman–Crippen LogP) is 8.12. The summed E-state index contributed by atoms with van der Waals surface area (Å²) in [4.78, 5) is 19.7. The molecule has 0 aromatic rings. The maximum absolute atomic E-state index is 10.4. The maximum Gasteiger partial charge on any atom is 0.303 e. The zero-order valence-electron chi connectivity index (χ0n) is 20.0. The SMILES string of the molecule is CCC(N)N=O.CCCCCCCC/C=C\CCCCCCCCCCCC(=O)O. The lowest BCUT2D eigenvalue weighted by atomic mass is 10.1. The molecule has 0 fully saturated rings. The molecule has 0 aliphatic heterocycles. The highest BCUT2D eigenvalue weighted by Gasteiger charge is 1.96. The Morgan fingerprint density at radius 1 is 0.767 bits per heavy atom. The van der Waals surface area contributed by atoms with Crippen molar-refractivity contribution >= 4 is 5.97 Å². The van der Waals surface area contributed by atoms with Gasteiger partial charge in [0.1, 0.15) is 6.17 Å². The van der Waals surface area contributed by atoms with Gasteiger partial charge in [-0.25, -0.2) is 0 Å². The highest BCUT2D eigenvalue weighted by Crippen LogP contribution is 2.12. The van der Waals surface area contributed by atoms with Gasteiger partial charge in [-0.2, -0.15) is 0 Å². The second kappa shape index (κ2) is 27.8. The second-order valence-electron chi connectivity index (χ2n) is 8.22. The number of rotatable bonds is 21. The van der Waals surface area contributed by atoms with Gasteiger partial charge >= 0.3 is 5.97 Å². The molecule has 0 saturated heterocycles. The van der Waals surface area contributed by atoms with Crippen LogP contribution < -0.4 is 5.73 Å². The van der Waals surface area contributed by atoms with Crippen LogP contribution in [0.25, 0.3) is 0 Å². The molecule has 0 aliphatic rings. The van der Waals surface area contributed by atoms with Gasteiger partial charge in [-0.1, -0.05) is 108 Å². The van der Waals surface area contributed by atoms with Crippen LogP contribution in [0.2, 0.25) is 0 Å². The Hall–Kier alpha value is -1.23. The molecule has 1 atom stereocenters. The van der Waals surface area contributed by atoms with Crippen LogP contribution in [0.4, 0.5) is 0 Å². The lowest BCUT2D eigenvalue weighted by molar-refractivity contribution is -0.137. The van der Waals surface area contributed by atoms with E-state index in [-0.39, 0.29) is 0 Å². The fourth-order valence-electron chi connectivity index (χ4n) is 3.13. The van der Waals surface area contributed by atoms with Crippen molar-refractivity contribution in [1.82, 2.24) is 0 Å². The zero-order chi connectivity index (χ0) is 22.7. The first-order valence-corrected chi connectivity index (χ1v) is 12.5. The second-order valence-corrected chi connectivity index (χ2v) is 8.22. The Kier molecular flexibility index (Phi) is 28.7. The summed E-state index contributed by atoms with van der Waals surface area (Å²) >= 11 is 0. The van der Waals surface area contributed by atoms with Gasteiger partial charge in [-0.15, -0.1) is 4.91 Å². The van der Waals surface area contributed by atoms with Crippen molar-refractivity contribution in [2.75, 3.05) is 0 Å². The molecule has 0 radical (unpaired) electrons. The number of aliphatic carboxylic acids is 1. The Labute approximate surface area is 186 Å². The molecular formula is C25H50N2O3. The van der Waals surface area contributed by atoms with E-state index in [1.165, 1.54) is 96.3 Å². The molecule has 0 saturated carbocycles. The molecule has 5 nitrogen and oxygen atoms in total. The lowest BCUT2D eigenvalue weighted by Crippen LogP contribution is -2.13. The molecule has 0 rings (SSSR count). The monoisotopic (exact) mass is 426 g/mol. The third kappa shape index (κ3) is 31.5. The van der Waals surface area contributed by atoms with Gasteiger partial charge < -0.3 is 10.8 Å². The third-order valence-electron chi connectivity index (χ3n) is 5.21. The minimum Gasteiger partial charge on any atom is -0.481 e. The van der Waals surface area contributed by atoms with E-state index in [1.807, 2.05) is 6.92 Å². The van der Waals surface area contributed by atoms with E-state index in [9.17, 15) is 9.70 Å². The number of carboxylic acids is 1. The summed E-state index contributed by atoms with van der Waals surface area (Å²) in [7, 11) is 0. The summed E-state index contributed by atoms with van der Waals surface area (Å²) < 4.78 is 0. The molecule has 0 heterocycles. The van der Waals surface area contributed by atoms with Crippen LogP contribution in [-0.4, -0.2) is 17.2 Å². The smallest absolute Gasteiger partial charge is 0.303 e. The molecule has 1 unspecified atom stereocenters. The van der Waals surface area contributed by atoms with Crippen molar-refractivity contribution < 1.29 is 9.90 Å². The van der Waals surface area contributed by atoms with Gasteiger partial charge in [0.05, 0.1) is 0 Å². The van der Waals surface area contributed by atoms with Crippen molar-refractivity contribution in [2.24, 2.45) is 10.9 Å². The van der Waals surface area contributed by atoms with Crippen LogP contribution in [0, 0.1) is 4.91 Å². The highest BCUT2D eigenvalue weighted by atomic mass is 16.4. The van der Waals surface area contributed by atoms with E-state index in [4.69, 9.17) is 10.8 Å². The summed E-state index contributed by atoms with van der Waals surface area (Å²) in [5, 5.41) is 11.1. The summed E-state index contributed by atoms with van der Waals surface area (Å²) in [5.41, 5.74) is 4.99. The molecule has 0 aromatic heterocycles. The van der Waals surface area contributed by atoms with Gasteiger partial charge in [0.25, 0.3) is 0 Å². The summed E-state index contributed by atoms with van der Waals surface area (Å²) in [6, 6.07) is 0. The van der Waals surface area contributed by atoms with E-state index in [2.05, 4.69) is 24.3 Å². The molecule has 3 N–H and O–H groups in total. The molecule has 0 spiro atoms. The molecule has 0 amide bonds. The van der Waals surface area contributed by atoms with E-state index < -0.39 is 12.1 Å². The van der Waals surface area contributed by atoms with Crippen LogP contribution in [0.1, 0.15) is 136 Å². The number of unbranched alkanes of at least 4 members (excludes halogenated alkanes) is 15. The third-order valence-corrected chi connectivity index (χ3v) is 5.21. The minimum absolute atomic E-state index is 0.340. The van der Waals surface area contributed by atoms with Gasteiger partial charge in [-0.3, -0.25) is 4.79 Å². The van der Waals surface area contributed by atoms with Crippen LogP contribution in [0.5, 0.6) is 0 Å². The fraction of sp³-hybridized carbons (Fsp3) is 0.880. The fourth-order valence-corrected chi connectivity index (χ4v) is 3.13. The number of nitroso groups, excluding NO2 is 1. The van der Waals surface area contributed by atoms with Crippen LogP contribution >= 0.6 is 0 Å². The zero-order valence-corrected chi connectivity index (χ0v) is 20.0. The lowest BCUT2D eigenvalue weighted by Gasteiger charge is -2.01. The number of hydrogen-bond donors (Lipinski definition) is 2. The van der Waals surface area contributed by atoms with Gasteiger partial charge in [0.15, 0.2) is 0 Å². The first-order chi connectivity index (χ1) is 14.6. The average Bonchev–Trinajstić information content (AvgIpc) is 2.75. The number of nitrogens with zero attached hydrogens (tertiary/aromatic N) is 1. The molecule has 0 aromatic carbocycles. The average molecular weight is 427 g/mol. The topological polar surface area (TPSA) is 92.8 Å². The summed E-state index contributed by atoms with van der Waals surface area (Å²) in [6.07, 6.45) is 27.3. The van der Waals surface area contributed by atoms with E-state index in [1.54, 1.807) is 0 Å². The van der Waals surface area contributed by atoms with E-state index in [0.29, 0.717) is 12.8 Å². The van der Waals surface area contributed by atoms with Gasteiger partial charge in [0, 0.05) is 6.42 Å².